The first-order valence-electron chi connectivity index (χ1n) is 5.40. The van der Waals surface area contributed by atoms with E-state index < -0.39 is 0 Å². The van der Waals surface area contributed by atoms with Crippen LogP contribution in [0.25, 0.3) is 0 Å². The second-order valence-corrected chi connectivity index (χ2v) is 5.93. The maximum atomic E-state index is 12.1. The maximum Gasteiger partial charge on any atom is 0.174 e. The van der Waals surface area contributed by atoms with Gasteiger partial charge < -0.3 is 5.73 Å². The standard InChI is InChI=1S/C13H10BrClN2OS/c14-9-4-2-1-3-8(9)11(18)7-19-13-10(16)5-6-12(15)17-13/h1-6H,7,16H2. The number of nitrogen functional groups attached to an aromatic ring is 1. The van der Waals surface area contributed by atoms with Crippen molar-refractivity contribution in [2.75, 3.05) is 11.5 Å². The Hall–Kier alpha value is -1.04. The van der Waals surface area contributed by atoms with Crippen LogP contribution in [0.1, 0.15) is 10.4 Å². The summed E-state index contributed by atoms with van der Waals surface area (Å²) in [6.45, 7) is 0. The van der Waals surface area contributed by atoms with Gasteiger partial charge >= 0.3 is 0 Å². The molecule has 19 heavy (non-hydrogen) atoms. The van der Waals surface area contributed by atoms with Gasteiger partial charge in [-0.25, -0.2) is 4.98 Å². The van der Waals surface area contributed by atoms with E-state index in [9.17, 15) is 4.79 Å². The van der Waals surface area contributed by atoms with Crippen LogP contribution in [-0.4, -0.2) is 16.5 Å². The van der Waals surface area contributed by atoms with Crippen LogP contribution in [0.15, 0.2) is 45.9 Å². The lowest BCUT2D eigenvalue weighted by atomic mass is 10.1. The number of rotatable bonds is 4. The van der Waals surface area contributed by atoms with Crippen molar-refractivity contribution in [2.45, 2.75) is 5.03 Å². The predicted octanol–water partition coefficient (Wildman–Crippen LogP) is 4.05. The highest BCUT2D eigenvalue weighted by Gasteiger charge is 2.11. The van der Waals surface area contributed by atoms with Gasteiger partial charge in [-0.2, -0.15) is 0 Å². The molecule has 0 radical (unpaired) electrons. The molecule has 0 amide bonds. The number of benzene rings is 1. The monoisotopic (exact) mass is 356 g/mol. The predicted molar refractivity (Wildman–Crippen MR) is 82.9 cm³/mol. The van der Waals surface area contributed by atoms with Gasteiger partial charge in [0.05, 0.1) is 11.4 Å². The van der Waals surface area contributed by atoms with Gasteiger partial charge in [0.1, 0.15) is 10.2 Å². The molecule has 1 aromatic heterocycles. The number of nitrogens with zero attached hydrogens (tertiary/aromatic N) is 1. The molecule has 2 aromatic rings. The van der Waals surface area contributed by atoms with E-state index in [2.05, 4.69) is 20.9 Å². The lowest BCUT2D eigenvalue weighted by Crippen LogP contribution is -2.04. The first-order valence-corrected chi connectivity index (χ1v) is 7.56. The van der Waals surface area contributed by atoms with Crippen LogP contribution in [0.5, 0.6) is 0 Å². The molecule has 0 aliphatic rings. The second kappa shape index (κ2) is 6.41. The number of pyridine rings is 1. The highest BCUT2D eigenvalue weighted by atomic mass is 79.9. The van der Waals surface area contributed by atoms with Gasteiger partial charge in [0.2, 0.25) is 0 Å². The summed E-state index contributed by atoms with van der Waals surface area (Å²) in [5.41, 5.74) is 6.95. The van der Waals surface area contributed by atoms with Gasteiger partial charge in [0.25, 0.3) is 0 Å². The first kappa shape index (κ1) is 14.4. The molecular weight excluding hydrogens is 348 g/mol. The number of Topliss-reactive ketones (excluding diaryl/α,β-unsaturated/α-hetero) is 1. The van der Waals surface area contributed by atoms with Crippen molar-refractivity contribution in [2.24, 2.45) is 0 Å². The van der Waals surface area contributed by atoms with Crippen molar-refractivity contribution in [1.29, 1.82) is 0 Å². The van der Waals surface area contributed by atoms with Crippen LogP contribution in [-0.2, 0) is 0 Å². The number of carbonyl (C=O) groups excluding carboxylic acids is 1. The van der Waals surface area contributed by atoms with Crippen LogP contribution in [0.4, 0.5) is 5.69 Å². The summed E-state index contributed by atoms with van der Waals surface area (Å²) in [5.74, 6) is 0.277. The van der Waals surface area contributed by atoms with Crippen LogP contribution < -0.4 is 5.73 Å². The highest BCUT2D eigenvalue weighted by Crippen LogP contribution is 2.26. The van der Waals surface area contributed by atoms with Crippen LogP contribution in [0, 0.1) is 0 Å². The van der Waals surface area contributed by atoms with Crippen molar-refractivity contribution in [3.05, 3.63) is 51.6 Å². The fourth-order valence-corrected chi connectivity index (χ4v) is 2.97. The fraction of sp³-hybridized carbons (Fsp3) is 0.0769. The highest BCUT2D eigenvalue weighted by molar-refractivity contribution is 9.10. The molecule has 6 heteroatoms. The maximum absolute atomic E-state index is 12.1. The Bertz CT molecular complexity index is 621. The number of ketones is 1. The van der Waals surface area contributed by atoms with Crippen molar-refractivity contribution in [3.8, 4) is 0 Å². The molecule has 0 atom stereocenters. The van der Waals surface area contributed by atoms with Gasteiger partial charge in [-0.3, -0.25) is 4.79 Å². The largest absolute Gasteiger partial charge is 0.397 e. The molecule has 98 valence electrons. The number of hydrogen-bond acceptors (Lipinski definition) is 4. The van der Waals surface area contributed by atoms with E-state index >= 15 is 0 Å². The Morgan fingerprint density at radius 1 is 1.32 bits per heavy atom. The average molecular weight is 358 g/mol. The van der Waals surface area contributed by atoms with Crippen molar-refractivity contribution < 1.29 is 4.79 Å². The van der Waals surface area contributed by atoms with E-state index in [0.717, 1.165) is 4.47 Å². The molecule has 0 saturated carbocycles. The van der Waals surface area contributed by atoms with Crippen LogP contribution >= 0.6 is 39.3 Å². The van der Waals surface area contributed by atoms with Crippen LogP contribution in [0.2, 0.25) is 5.15 Å². The molecule has 0 bridgehead atoms. The molecular formula is C13H10BrClN2OS. The summed E-state index contributed by atoms with van der Waals surface area (Å²) < 4.78 is 0.785. The number of halogens is 2. The summed E-state index contributed by atoms with van der Waals surface area (Å²) >= 11 is 10.4. The third-order valence-electron chi connectivity index (χ3n) is 2.37. The lowest BCUT2D eigenvalue weighted by molar-refractivity contribution is 0.102. The molecule has 0 fully saturated rings. The minimum atomic E-state index is 0.0126. The van der Waals surface area contributed by atoms with Crippen molar-refractivity contribution >= 4 is 50.8 Å². The van der Waals surface area contributed by atoms with Crippen molar-refractivity contribution in [3.63, 3.8) is 0 Å². The van der Waals surface area contributed by atoms with Gasteiger partial charge in [-0.05, 0) is 18.2 Å². The topological polar surface area (TPSA) is 56.0 Å². The molecule has 1 aromatic carbocycles. The number of nitrogens with two attached hydrogens (primary N) is 1. The number of carbonyl (C=O) groups is 1. The zero-order valence-corrected chi connectivity index (χ0v) is 12.9. The summed E-state index contributed by atoms with van der Waals surface area (Å²) in [7, 11) is 0. The lowest BCUT2D eigenvalue weighted by Gasteiger charge is -2.05. The SMILES string of the molecule is Nc1ccc(Cl)nc1SCC(=O)c1ccccc1Br. The van der Waals surface area contributed by atoms with E-state index in [1.54, 1.807) is 18.2 Å². The fourth-order valence-electron chi connectivity index (χ4n) is 1.44. The molecule has 0 unspecified atom stereocenters. The summed E-state index contributed by atoms with van der Waals surface area (Å²) in [4.78, 5) is 16.2. The first-order chi connectivity index (χ1) is 9.08. The van der Waals surface area contributed by atoms with E-state index in [-0.39, 0.29) is 11.5 Å². The number of thioether (sulfide) groups is 1. The second-order valence-electron chi connectivity index (χ2n) is 3.72. The average Bonchev–Trinajstić information content (AvgIpc) is 2.40. The Morgan fingerprint density at radius 3 is 2.79 bits per heavy atom. The summed E-state index contributed by atoms with van der Waals surface area (Å²) in [6, 6.07) is 10.6. The van der Waals surface area contributed by atoms with E-state index in [4.69, 9.17) is 17.3 Å². The normalized spacial score (nSPS) is 10.4. The van der Waals surface area contributed by atoms with Crippen molar-refractivity contribution in [1.82, 2.24) is 4.98 Å². The number of aromatic nitrogens is 1. The summed E-state index contributed by atoms with van der Waals surface area (Å²) in [5, 5.41) is 0.943. The zero-order chi connectivity index (χ0) is 13.8. The molecule has 0 spiro atoms. The smallest absolute Gasteiger partial charge is 0.174 e. The van der Waals surface area contributed by atoms with Gasteiger partial charge in [-0.1, -0.05) is 57.5 Å². The number of hydrogen-bond donors (Lipinski definition) is 1. The summed E-state index contributed by atoms with van der Waals surface area (Å²) in [6.07, 6.45) is 0. The Morgan fingerprint density at radius 2 is 2.05 bits per heavy atom. The molecule has 2 rings (SSSR count). The Balaban J connectivity index is 2.09. The zero-order valence-electron chi connectivity index (χ0n) is 9.77. The Kier molecular flexibility index (Phi) is 4.85. The molecule has 0 aliphatic carbocycles. The van der Waals surface area contributed by atoms with E-state index in [1.807, 2.05) is 18.2 Å². The molecule has 3 nitrogen and oxygen atoms in total. The van der Waals surface area contributed by atoms with Gasteiger partial charge in [0, 0.05) is 10.0 Å². The van der Waals surface area contributed by atoms with Gasteiger partial charge in [0.15, 0.2) is 5.78 Å². The quantitative estimate of drug-likeness (QED) is 0.509. The molecule has 0 aliphatic heterocycles. The van der Waals surface area contributed by atoms with E-state index in [1.165, 1.54) is 11.8 Å². The molecule has 0 saturated heterocycles. The minimum Gasteiger partial charge on any atom is -0.397 e. The molecule has 2 N–H and O–H groups in total. The van der Waals surface area contributed by atoms with Crippen LogP contribution in [0.3, 0.4) is 0 Å². The Labute approximate surface area is 128 Å². The van der Waals surface area contributed by atoms with E-state index in [0.29, 0.717) is 21.4 Å². The third kappa shape index (κ3) is 3.72. The molecule has 1 heterocycles. The minimum absolute atomic E-state index is 0.0126. The van der Waals surface area contributed by atoms with Gasteiger partial charge in [-0.15, -0.1) is 0 Å². The number of anilines is 1. The third-order valence-corrected chi connectivity index (χ3v) is 4.28.